The summed E-state index contributed by atoms with van der Waals surface area (Å²) in [5, 5.41) is 4.65. The molecule has 2 aromatic rings. The molecule has 0 radical (unpaired) electrons. The van der Waals surface area contributed by atoms with E-state index in [-0.39, 0.29) is 12.1 Å². The van der Waals surface area contributed by atoms with Gasteiger partial charge in [0, 0.05) is 17.4 Å². The number of hydrogen-bond acceptors (Lipinski definition) is 4. The van der Waals surface area contributed by atoms with E-state index in [1.54, 1.807) is 11.8 Å². The number of thioether (sulfide) groups is 1. The molecule has 0 unspecified atom stereocenters. The maximum Gasteiger partial charge on any atom is 0.272 e. The van der Waals surface area contributed by atoms with Crippen LogP contribution in [0.3, 0.4) is 0 Å². The molecule has 1 saturated carbocycles. The van der Waals surface area contributed by atoms with E-state index >= 15 is 0 Å². The van der Waals surface area contributed by atoms with Gasteiger partial charge in [-0.25, -0.2) is 4.99 Å². The Morgan fingerprint density at radius 1 is 1.21 bits per heavy atom. The maximum absolute atomic E-state index is 13.5. The highest BCUT2D eigenvalue weighted by atomic mass is 79.9. The molecule has 4 atom stereocenters. The molecule has 1 aliphatic carbocycles. The van der Waals surface area contributed by atoms with Crippen LogP contribution in [0.5, 0.6) is 0 Å². The van der Waals surface area contributed by atoms with Crippen molar-refractivity contribution >= 4 is 54.7 Å². The lowest BCUT2D eigenvalue weighted by atomic mass is 9.85. The van der Waals surface area contributed by atoms with Crippen molar-refractivity contribution in [1.29, 1.82) is 0 Å². The summed E-state index contributed by atoms with van der Waals surface area (Å²) in [4.78, 5) is 21.8. The van der Waals surface area contributed by atoms with Gasteiger partial charge in [-0.1, -0.05) is 36.4 Å². The number of amides is 1. The zero-order chi connectivity index (χ0) is 19.0. The summed E-state index contributed by atoms with van der Waals surface area (Å²) >= 11 is 8.93. The van der Waals surface area contributed by atoms with Crippen LogP contribution in [0.25, 0.3) is 0 Å². The summed E-state index contributed by atoms with van der Waals surface area (Å²) in [6, 6.07) is 12.2. The number of nitrogens with one attached hydrogen (secondary N) is 1. The van der Waals surface area contributed by atoms with Gasteiger partial charge in [-0.3, -0.25) is 4.79 Å². The van der Waals surface area contributed by atoms with E-state index in [9.17, 15) is 4.79 Å². The molecule has 1 amide bonds. The maximum atomic E-state index is 13.5. The first-order valence-electron chi connectivity index (χ1n) is 9.56. The molecule has 2 fully saturated rings. The fourth-order valence-corrected chi connectivity index (χ4v) is 7.35. The predicted octanol–water partition coefficient (Wildman–Crippen LogP) is 4.85. The number of halogens is 2. The summed E-state index contributed by atoms with van der Waals surface area (Å²) in [7, 11) is 0. The van der Waals surface area contributed by atoms with Crippen LogP contribution in [0.15, 0.2) is 55.4 Å². The van der Waals surface area contributed by atoms with Gasteiger partial charge < -0.3 is 14.8 Å². The molecule has 144 valence electrons. The molecule has 4 aliphatic rings. The second-order valence-corrected chi connectivity index (χ2v) is 10.6. The van der Waals surface area contributed by atoms with Gasteiger partial charge in [-0.15, -0.1) is 0 Å². The number of nitrogens with zero attached hydrogens (tertiary/aromatic N) is 3. The third-order valence-corrected chi connectivity index (χ3v) is 9.48. The van der Waals surface area contributed by atoms with Crippen LogP contribution in [0.1, 0.15) is 35.9 Å². The lowest BCUT2D eigenvalue weighted by molar-refractivity contribution is 0.0159. The normalized spacial score (nSPS) is 32.5. The van der Waals surface area contributed by atoms with E-state index in [4.69, 9.17) is 4.99 Å². The van der Waals surface area contributed by atoms with Gasteiger partial charge in [0.2, 0.25) is 0 Å². The lowest BCUT2D eigenvalue weighted by Gasteiger charge is -2.46. The van der Waals surface area contributed by atoms with Gasteiger partial charge in [0.1, 0.15) is 10.3 Å². The minimum atomic E-state index is -0.455. The number of rotatable bonds is 1. The summed E-state index contributed by atoms with van der Waals surface area (Å²) in [6.45, 7) is 0.826. The van der Waals surface area contributed by atoms with E-state index in [2.05, 4.69) is 58.8 Å². The van der Waals surface area contributed by atoms with Crippen LogP contribution in [-0.2, 0) is 0 Å². The van der Waals surface area contributed by atoms with Gasteiger partial charge in [-0.05, 0) is 68.8 Å². The van der Waals surface area contributed by atoms with E-state index < -0.39 is 5.66 Å². The van der Waals surface area contributed by atoms with Crippen molar-refractivity contribution in [1.82, 2.24) is 14.8 Å². The highest BCUT2D eigenvalue weighted by molar-refractivity contribution is 9.13. The largest absolute Gasteiger partial charge is 0.338 e. The zero-order valence-corrected chi connectivity index (χ0v) is 18.9. The number of hydrogen-bond donors (Lipinski definition) is 1. The van der Waals surface area contributed by atoms with E-state index in [0.717, 1.165) is 32.1 Å². The highest BCUT2D eigenvalue weighted by Crippen LogP contribution is 2.57. The Balaban J connectivity index is 1.50. The monoisotopic (exact) mass is 520 g/mol. The van der Waals surface area contributed by atoms with E-state index in [1.165, 1.54) is 12.8 Å². The molecule has 6 rings (SSSR count). The van der Waals surface area contributed by atoms with Crippen LogP contribution in [0.2, 0.25) is 0 Å². The molecule has 28 heavy (non-hydrogen) atoms. The number of carbonyl (C=O) groups excluding carboxylic acids is 1. The fourth-order valence-electron chi connectivity index (χ4n) is 5.56. The second-order valence-electron chi connectivity index (χ2n) is 7.92. The van der Waals surface area contributed by atoms with Crippen LogP contribution >= 0.6 is 43.6 Å². The molecule has 1 N–H and O–H groups in total. The van der Waals surface area contributed by atoms with Crippen molar-refractivity contribution in [2.24, 2.45) is 16.8 Å². The molecule has 0 bridgehead atoms. The Kier molecular flexibility index (Phi) is 3.85. The Bertz CT molecular complexity index is 1020. The quantitative estimate of drug-likeness (QED) is 0.583. The molecule has 4 heterocycles. The lowest BCUT2D eigenvalue weighted by Crippen LogP contribution is -2.65. The molecule has 1 spiro atoms. The first-order valence-corrected chi connectivity index (χ1v) is 12.0. The second kappa shape index (κ2) is 6.12. The first-order chi connectivity index (χ1) is 13.6. The van der Waals surface area contributed by atoms with Gasteiger partial charge in [0.15, 0.2) is 17.0 Å². The van der Waals surface area contributed by atoms with Crippen molar-refractivity contribution in [2.75, 3.05) is 6.54 Å². The first kappa shape index (κ1) is 17.6. The van der Waals surface area contributed by atoms with Crippen LogP contribution in [-0.4, -0.2) is 32.7 Å². The molecule has 1 aromatic heterocycles. The minimum Gasteiger partial charge on any atom is -0.338 e. The van der Waals surface area contributed by atoms with Gasteiger partial charge in [0.05, 0.1) is 4.47 Å². The van der Waals surface area contributed by atoms with Crippen LogP contribution in [0.4, 0.5) is 0 Å². The molecule has 3 aliphatic heterocycles. The number of amidine groups is 1. The van der Waals surface area contributed by atoms with Crippen LogP contribution in [0, 0.1) is 11.8 Å². The molecule has 8 heteroatoms. The topological polar surface area (TPSA) is 49.6 Å². The molecule has 1 aromatic carbocycles. The van der Waals surface area contributed by atoms with Crippen molar-refractivity contribution < 1.29 is 4.79 Å². The van der Waals surface area contributed by atoms with E-state index in [0.29, 0.717) is 17.5 Å². The number of benzene rings is 1. The average molecular weight is 522 g/mol. The SMILES string of the molecule is O=C1c2cc(Br)c(Br)n2[C@H]2N=C(Sc3ccccc3)N[C@]23[C@H]2CCC[C@H]2CN13. The fraction of sp³-hybridized carbons (Fsp3) is 0.400. The third-order valence-electron chi connectivity index (χ3n) is 6.63. The summed E-state index contributed by atoms with van der Waals surface area (Å²) in [5.74, 6) is 1.09. The molecular weight excluding hydrogens is 504 g/mol. The molecule has 5 nitrogen and oxygen atoms in total. The summed E-state index contributed by atoms with van der Waals surface area (Å²) in [6.07, 6.45) is 3.43. The summed E-state index contributed by atoms with van der Waals surface area (Å²) < 4.78 is 3.86. The van der Waals surface area contributed by atoms with Gasteiger partial charge in [0.25, 0.3) is 5.91 Å². The predicted molar refractivity (Wildman–Crippen MR) is 116 cm³/mol. The number of aromatic nitrogens is 1. The van der Waals surface area contributed by atoms with E-state index in [1.807, 2.05) is 24.3 Å². The van der Waals surface area contributed by atoms with Crippen molar-refractivity contribution in [3.63, 3.8) is 0 Å². The Hall–Kier alpha value is -1.25. The average Bonchev–Trinajstić information content (AvgIpc) is 3.42. The van der Waals surface area contributed by atoms with Crippen molar-refractivity contribution in [3.8, 4) is 0 Å². The zero-order valence-electron chi connectivity index (χ0n) is 14.9. The molecule has 1 saturated heterocycles. The van der Waals surface area contributed by atoms with Gasteiger partial charge in [-0.2, -0.15) is 0 Å². The highest BCUT2D eigenvalue weighted by Gasteiger charge is 2.66. The van der Waals surface area contributed by atoms with Crippen LogP contribution < -0.4 is 5.32 Å². The Morgan fingerprint density at radius 2 is 2.04 bits per heavy atom. The van der Waals surface area contributed by atoms with Crippen molar-refractivity contribution in [3.05, 3.63) is 51.2 Å². The number of fused-ring (bicyclic) bond motifs is 3. The Labute approximate surface area is 184 Å². The Morgan fingerprint density at radius 3 is 2.86 bits per heavy atom. The van der Waals surface area contributed by atoms with Gasteiger partial charge >= 0.3 is 0 Å². The minimum absolute atomic E-state index is 0.103. The van der Waals surface area contributed by atoms with Crippen molar-refractivity contribution in [2.45, 2.75) is 36.0 Å². The third kappa shape index (κ3) is 2.20. The molecular formula is C20H18Br2N4OS. The summed E-state index contributed by atoms with van der Waals surface area (Å²) in [5.41, 5.74) is 0.249. The number of aliphatic imine (C=N–C) groups is 1. The standard InChI is InChI=1S/C20H18Br2N4OS/c21-14-9-15-17(27)25-10-11-5-4-8-13(11)20(25)18(26(15)16(14)22)23-19(24-20)28-12-6-2-1-3-7-12/h1-3,6-7,9,11,13,18H,4-5,8,10H2,(H,23,24)/t11-,13-,18+,20-/m0/s1. The smallest absolute Gasteiger partial charge is 0.272 e. The number of carbonyl (C=O) groups is 1.